The highest BCUT2D eigenvalue weighted by molar-refractivity contribution is 5.43. The van der Waals surface area contributed by atoms with Crippen LogP contribution in [-0.2, 0) is 6.42 Å². The third kappa shape index (κ3) is 3.34. The van der Waals surface area contributed by atoms with E-state index in [4.69, 9.17) is 5.84 Å². The van der Waals surface area contributed by atoms with Gasteiger partial charge < -0.3 is 14.7 Å². The maximum atomic E-state index is 5.41. The van der Waals surface area contributed by atoms with E-state index < -0.39 is 0 Å². The van der Waals surface area contributed by atoms with E-state index in [0.29, 0.717) is 36.6 Å². The number of hydrogen-bond donors (Lipinski definition) is 3. The lowest BCUT2D eigenvalue weighted by Crippen LogP contribution is -2.23. The number of anilines is 3. The van der Waals surface area contributed by atoms with Crippen molar-refractivity contribution < 1.29 is 4.52 Å². The van der Waals surface area contributed by atoms with Crippen molar-refractivity contribution in [3.8, 4) is 0 Å². The summed E-state index contributed by atoms with van der Waals surface area (Å²) in [6.07, 6.45) is 4.22. The molecule has 2 aromatic rings. The molecule has 112 valence electrons. The minimum atomic E-state index is 0.342. The van der Waals surface area contributed by atoms with Crippen LogP contribution in [0.2, 0.25) is 0 Å². The predicted octanol–water partition coefficient (Wildman–Crippen LogP) is -0.205. The Kier molecular flexibility index (Phi) is 4.05. The van der Waals surface area contributed by atoms with Crippen LogP contribution in [0.3, 0.4) is 0 Å². The van der Waals surface area contributed by atoms with Crippen molar-refractivity contribution in [2.75, 3.05) is 35.3 Å². The first kappa shape index (κ1) is 13.5. The number of nitrogens with one attached hydrogen (secondary N) is 2. The van der Waals surface area contributed by atoms with Gasteiger partial charge in [-0.25, -0.2) is 5.84 Å². The molecule has 0 bridgehead atoms. The Labute approximate surface area is 121 Å². The monoisotopic (exact) mass is 291 g/mol. The quantitative estimate of drug-likeness (QED) is 0.485. The summed E-state index contributed by atoms with van der Waals surface area (Å²) in [6, 6.07) is 0. The zero-order valence-electron chi connectivity index (χ0n) is 11.5. The molecule has 0 atom stereocenters. The highest BCUT2D eigenvalue weighted by Gasteiger charge is 2.17. The number of hydrazine groups is 1. The van der Waals surface area contributed by atoms with Gasteiger partial charge in [-0.3, -0.25) is 5.43 Å². The van der Waals surface area contributed by atoms with Crippen molar-refractivity contribution in [2.24, 2.45) is 5.84 Å². The molecule has 10 heteroatoms. The van der Waals surface area contributed by atoms with E-state index in [1.807, 2.05) is 0 Å². The molecule has 1 aliphatic rings. The summed E-state index contributed by atoms with van der Waals surface area (Å²) in [6.45, 7) is 2.50. The molecule has 0 spiro atoms. The van der Waals surface area contributed by atoms with Crippen molar-refractivity contribution in [1.82, 2.24) is 25.1 Å². The van der Waals surface area contributed by atoms with Crippen molar-refractivity contribution in [2.45, 2.75) is 19.3 Å². The number of hydrogen-bond acceptors (Lipinski definition) is 10. The Morgan fingerprint density at radius 3 is 2.71 bits per heavy atom. The number of rotatable bonds is 6. The average molecular weight is 291 g/mol. The molecule has 10 nitrogen and oxygen atoms in total. The van der Waals surface area contributed by atoms with Crippen LogP contribution in [0.25, 0.3) is 0 Å². The second kappa shape index (κ2) is 6.31. The van der Waals surface area contributed by atoms with Gasteiger partial charge in [0, 0.05) is 26.1 Å². The van der Waals surface area contributed by atoms with E-state index in [1.54, 1.807) is 0 Å². The highest BCUT2D eigenvalue weighted by atomic mass is 16.5. The fourth-order valence-corrected chi connectivity index (χ4v) is 2.16. The van der Waals surface area contributed by atoms with Gasteiger partial charge >= 0.3 is 0 Å². The zero-order valence-corrected chi connectivity index (χ0v) is 11.5. The van der Waals surface area contributed by atoms with Crippen molar-refractivity contribution in [3.63, 3.8) is 0 Å². The molecule has 0 unspecified atom stereocenters. The second-order valence-electron chi connectivity index (χ2n) is 4.65. The fraction of sp³-hybridized carbons (Fsp3) is 0.545. The molecule has 21 heavy (non-hydrogen) atoms. The van der Waals surface area contributed by atoms with E-state index in [0.717, 1.165) is 25.9 Å². The summed E-state index contributed by atoms with van der Waals surface area (Å²) < 4.78 is 4.68. The molecule has 0 aromatic carbocycles. The van der Waals surface area contributed by atoms with E-state index >= 15 is 0 Å². The summed E-state index contributed by atoms with van der Waals surface area (Å²) in [5.74, 6) is 7.50. The molecule has 4 N–H and O–H groups in total. The van der Waals surface area contributed by atoms with E-state index in [9.17, 15) is 0 Å². The predicted molar refractivity (Wildman–Crippen MR) is 75.6 cm³/mol. The van der Waals surface area contributed by atoms with Crippen LogP contribution in [-0.4, -0.2) is 44.7 Å². The first-order valence-corrected chi connectivity index (χ1v) is 6.82. The normalized spacial score (nSPS) is 14.4. The third-order valence-electron chi connectivity index (χ3n) is 3.18. The Bertz CT molecular complexity index is 567. The van der Waals surface area contributed by atoms with Gasteiger partial charge in [0.25, 0.3) is 0 Å². The van der Waals surface area contributed by atoms with E-state index in [1.165, 1.54) is 6.39 Å². The number of nitrogen functional groups attached to an aromatic ring is 1. The second-order valence-corrected chi connectivity index (χ2v) is 4.65. The Hall–Kier alpha value is -2.49. The number of nitrogens with two attached hydrogens (primary N) is 1. The number of nitrogens with zero attached hydrogens (tertiary/aromatic N) is 6. The molecule has 1 aliphatic heterocycles. The van der Waals surface area contributed by atoms with Gasteiger partial charge in [-0.1, -0.05) is 5.16 Å². The molecule has 0 amide bonds. The number of aromatic nitrogens is 5. The van der Waals surface area contributed by atoms with Gasteiger partial charge in [0.1, 0.15) is 0 Å². The fourth-order valence-electron chi connectivity index (χ4n) is 2.16. The molecular weight excluding hydrogens is 274 g/mol. The minimum absolute atomic E-state index is 0.342. The third-order valence-corrected chi connectivity index (χ3v) is 3.18. The summed E-state index contributed by atoms with van der Waals surface area (Å²) in [4.78, 5) is 18.9. The average Bonchev–Trinajstić information content (AvgIpc) is 3.20. The highest BCUT2D eigenvalue weighted by Crippen LogP contribution is 2.18. The molecule has 0 saturated carbocycles. The van der Waals surface area contributed by atoms with Crippen molar-refractivity contribution >= 4 is 17.8 Å². The van der Waals surface area contributed by atoms with Gasteiger partial charge in [0.15, 0.2) is 5.82 Å². The Morgan fingerprint density at radius 1 is 1.19 bits per heavy atom. The van der Waals surface area contributed by atoms with E-state index in [-0.39, 0.29) is 0 Å². The lowest BCUT2D eigenvalue weighted by atomic mass is 10.4. The van der Waals surface area contributed by atoms with Crippen molar-refractivity contribution in [1.29, 1.82) is 0 Å². The smallest absolute Gasteiger partial charge is 0.243 e. The van der Waals surface area contributed by atoms with Crippen LogP contribution in [0.15, 0.2) is 10.9 Å². The first-order valence-electron chi connectivity index (χ1n) is 6.82. The summed E-state index contributed by atoms with van der Waals surface area (Å²) >= 11 is 0. The SMILES string of the molecule is NNc1nc(NCCc2ncon2)nc(N2CCCC2)n1. The summed E-state index contributed by atoms with van der Waals surface area (Å²) in [7, 11) is 0. The largest absolute Gasteiger partial charge is 0.354 e. The topological polar surface area (TPSA) is 131 Å². The van der Waals surface area contributed by atoms with E-state index in [2.05, 4.69) is 45.3 Å². The summed E-state index contributed by atoms with van der Waals surface area (Å²) in [5.41, 5.74) is 2.47. The van der Waals surface area contributed by atoms with Gasteiger partial charge in [-0.05, 0) is 12.8 Å². The van der Waals surface area contributed by atoms with Crippen LogP contribution in [0.1, 0.15) is 18.7 Å². The molecule has 0 aliphatic carbocycles. The molecule has 2 aromatic heterocycles. The maximum absolute atomic E-state index is 5.41. The van der Waals surface area contributed by atoms with Crippen LogP contribution >= 0.6 is 0 Å². The summed E-state index contributed by atoms with van der Waals surface area (Å²) in [5, 5.41) is 6.86. The van der Waals surface area contributed by atoms with Gasteiger partial charge in [0.05, 0.1) is 0 Å². The van der Waals surface area contributed by atoms with Gasteiger partial charge in [0.2, 0.25) is 24.2 Å². The van der Waals surface area contributed by atoms with Crippen LogP contribution in [0, 0.1) is 0 Å². The maximum Gasteiger partial charge on any atom is 0.243 e. The van der Waals surface area contributed by atoms with Crippen LogP contribution in [0.5, 0.6) is 0 Å². The Morgan fingerprint density at radius 2 is 2.00 bits per heavy atom. The van der Waals surface area contributed by atoms with Crippen LogP contribution in [0.4, 0.5) is 17.8 Å². The Balaban J connectivity index is 1.66. The molecule has 1 saturated heterocycles. The van der Waals surface area contributed by atoms with Crippen molar-refractivity contribution in [3.05, 3.63) is 12.2 Å². The lowest BCUT2D eigenvalue weighted by Gasteiger charge is -2.16. The molecule has 0 radical (unpaired) electrons. The lowest BCUT2D eigenvalue weighted by molar-refractivity contribution is 0.410. The van der Waals surface area contributed by atoms with Gasteiger partial charge in [-0.15, -0.1) is 0 Å². The standard InChI is InChI=1S/C11H17N9O/c12-18-10-15-9(13-4-3-8-14-7-21-19-8)16-11(17-10)20-5-1-2-6-20/h7H,1-6,12H2,(H2,13,15,16,17,18). The van der Waals surface area contributed by atoms with Gasteiger partial charge in [-0.2, -0.15) is 19.9 Å². The first-order chi connectivity index (χ1) is 10.3. The zero-order chi connectivity index (χ0) is 14.5. The van der Waals surface area contributed by atoms with Crippen LogP contribution < -0.4 is 21.5 Å². The minimum Gasteiger partial charge on any atom is -0.354 e. The molecule has 3 heterocycles. The molecule has 3 rings (SSSR count). The molecule has 1 fully saturated rings. The molecular formula is C11H17N9O.